The SMILES string of the molecule is FC(F)(F)c1cc(NCCC2=CCCC2)nc(Cl)n1. The van der Waals surface area contributed by atoms with Gasteiger partial charge < -0.3 is 5.32 Å². The normalized spacial score (nSPS) is 15.5. The fraction of sp³-hybridized carbons (Fsp3) is 0.500. The van der Waals surface area contributed by atoms with Gasteiger partial charge in [0.25, 0.3) is 0 Å². The van der Waals surface area contributed by atoms with Crippen molar-refractivity contribution in [1.29, 1.82) is 0 Å². The van der Waals surface area contributed by atoms with Gasteiger partial charge in [0.05, 0.1) is 0 Å². The molecule has 104 valence electrons. The number of aromatic nitrogens is 2. The van der Waals surface area contributed by atoms with Gasteiger partial charge in [0.15, 0.2) is 5.69 Å². The molecule has 1 aliphatic carbocycles. The smallest absolute Gasteiger partial charge is 0.370 e. The standard InChI is InChI=1S/C12H13ClF3N3/c13-11-18-9(12(14,15)16)7-10(19-11)17-6-5-8-3-1-2-4-8/h3,7H,1-2,4-6H2,(H,17,18,19). The van der Waals surface area contributed by atoms with Gasteiger partial charge in [0, 0.05) is 12.6 Å². The van der Waals surface area contributed by atoms with Crippen LogP contribution < -0.4 is 5.32 Å². The van der Waals surface area contributed by atoms with Crippen molar-refractivity contribution in [1.82, 2.24) is 9.97 Å². The average molecular weight is 292 g/mol. The number of nitrogens with one attached hydrogen (secondary N) is 1. The lowest BCUT2D eigenvalue weighted by Gasteiger charge is -2.10. The van der Waals surface area contributed by atoms with E-state index in [1.54, 1.807) is 0 Å². The van der Waals surface area contributed by atoms with Gasteiger partial charge in [-0.25, -0.2) is 9.97 Å². The molecule has 1 heterocycles. The lowest BCUT2D eigenvalue weighted by atomic mass is 10.2. The molecule has 0 spiro atoms. The van der Waals surface area contributed by atoms with E-state index in [-0.39, 0.29) is 5.82 Å². The van der Waals surface area contributed by atoms with E-state index in [9.17, 15) is 13.2 Å². The molecular weight excluding hydrogens is 279 g/mol. The van der Waals surface area contributed by atoms with Crippen LogP contribution in [0, 0.1) is 0 Å². The second-order valence-corrected chi connectivity index (χ2v) is 4.67. The minimum Gasteiger partial charge on any atom is -0.370 e. The topological polar surface area (TPSA) is 37.8 Å². The Bertz CT molecular complexity index is 486. The summed E-state index contributed by atoms with van der Waals surface area (Å²) in [4.78, 5) is 6.90. The number of hydrogen-bond donors (Lipinski definition) is 1. The molecular formula is C12H13ClF3N3. The predicted octanol–water partition coefficient (Wildman–Crippen LogP) is 4.06. The van der Waals surface area contributed by atoms with Crippen molar-refractivity contribution in [2.75, 3.05) is 11.9 Å². The molecule has 1 N–H and O–H groups in total. The van der Waals surface area contributed by atoms with Crippen LogP contribution in [0.4, 0.5) is 19.0 Å². The van der Waals surface area contributed by atoms with Crippen LogP contribution in [0.15, 0.2) is 17.7 Å². The molecule has 1 aromatic rings. The molecule has 0 saturated heterocycles. The number of hydrogen-bond acceptors (Lipinski definition) is 3. The third kappa shape index (κ3) is 4.09. The van der Waals surface area contributed by atoms with E-state index in [4.69, 9.17) is 11.6 Å². The van der Waals surface area contributed by atoms with Gasteiger partial charge in [0.2, 0.25) is 5.28 Å². The van der Waals surface area contributed by atoms with Crippen LogP contribution in [-0.4, -0.2) is 16.5 Å². The molecule has 0 bridgehead atoms. The Morgan fingerprint density at radius 2 is 2.11 bits per heavy atom. The molecule has 0 aliphatic heterocycles. The van der Waals surface area contributed by atoms with Crippen molar-refractivity contribution in [3.05, 3.63) is 28.7 Å². The summed E-state index contributed by atoms with van der Waals surface area (Å²) in [5.41, 5.74) is 0.304. The van der Waals surface area contributed by atoms with E-state index in [1.165, 1.54) is 5.57 Å². The number of alkyl halides is 3. The largest absolute Gasteiger partial charge is 0.433 e. The highest BCUT2D eigenvalue weighted by atomic mass is 35.5. The molecule has 2 rings (SSSR count). The summed E-state index contributed by atoms with van der Waals surface area (Å²) in [5.74, 6) is 0.103. The maximum Gasteiger partial charge on any atom is 0.433 e. The van der Waals surface area contributed by atoms with Crippen molar-refractivity contribution in [3.63, 3.8) is 0 Å². The number of rotatable bonds is 4. The zero-order valence-electron chi connectivity index (χ0n) is 10.1. The summed E-state index contributed by atoms with van der Waals surface area (Å²) < 4.78 is 37.6. The number of allylic oxidation sites excluding steroid dienone is 1. The molecule has 7 heteroatoms. The fourth-order valence-corrected chi connectivity index (χ4v) is 2.15. The molecule has 0 saturated carbocycles. The minimum absolute atomic E-state index is 0.103. The first-order valence-corrected chi connectivity index (χ1v) is 6.36. The average Bonchev–Trinajstić information content (AvgIpc) is 2.80. The first kappa shape index (κ1) is 14.1. The first-order valence-electron chi connectivity index (χ1n) is 5.99. The third-order valence-electron chi connectivity index (χ3n) is 2.88. The molecule has 0 unspecified atom stereocenters. The summed E-state index contributed by atoms with van der Waals surface area (Å²) >= 11 is 5.49. The number of halogens is 4. The Morgan fingerprint density at radius 3 is 2.74 bits per heavy atom. The zero-order valence-corrected chi connectivity index (χ0v) is 10.9. The second-order valence-electron chi connectivity index (χ2n) is 4.34. The third-order valence-corrected chi connectivity index (χ3v) is 3.05. The lowest BCUT2D eigenvalue weighted by Crippen LogP contribution is -2.11. The first-order chi connectivity index (χ1) is 8.95. The maximum atomic E-state index is 12.5. The Kier molecular flexibility index (Phi) is 4.29. The van der Waals surface area contributed by atoms with E-state index >= 15 is 0 Å². The monoisotopic (exact) mass is 291 g/mol. The van der Waals surface area contributed by atoms with Crippen molar-refractivity contribution in [3.8, 4) is 0 Å². The van der Waals surface area contributed by atoms with E-state index in [0.717, 1.165) is 31.7 Å². The van der Waals surface area contributed by atoms with Crippen molar-refractivity contribution in [2.45, 2.75) is 31.9 Å². The van der Waals surface area contributed by atoms with Crippen LogP contribution in [0.1, 0.15) is 31.4 Å². The van der Waals surface area contributed by atoms with Crippen molar-refractivity contribution < 1.29 is 13.2 Å². The second kappa shape index (κ2) is 5.77. The predicted molar refractivity (Wildman–Crippen MR) is 67.1 cm³/mol. The molecule has 19 heavy (non-hydrogen) atoms. The van der Waals surface area contributed by atoms with E-state index in [1.807, 2.05) is 0 Å². The molecule has 0 amide bonds. The molecule has 1 aromatic heterocycles. The van der Waals surface area contributed by atoms with Gasteiger partial charge in [-0.2, -0.15) is 13.2 Å². The Labute approximate surface area is 113 Å². The Hall–Kier alpha value is -1.30. The highest BCUT2D eigenvalue weighted by Gasteiger charge is 2.33. The Balaban J connectivity index is 1.98. The summed E-state index contributed by atoms with van der Waals surface area (Å²) in [6.07, 6.45) is 1.79. The van der Waals surface area contributed by atoms with Crippen LogP contribution in [0.2, 0.25) is 5.28 Å². The van der Waals surface area contributed by atoms with Gasteiger partial charge in [-0.3, -0.25) is 0 Å². The lowest BCUT2D eigenvalue weighted by molar-refractivity contribution is -0.141. The highest BCUT2D eigenvalue weighted by Crippen LogP contribution is 2.29. The highest BCUT2D eigenvalue weighted by molar-refractivity contribution is 6.28. The van der Waals surface area contributed by atoms with Crippen molar-refractivity contribution in [2.24, 2.45) is 0 Å². The fourth-order valence-electron chi connectivity index (χ4n) is 1.97. The van der Waals surface area contributed by atoms with Crippen LogP contribution in [0.5, 0.6) is 0 Å². The van der Waals surface area contributed by atoms with Gasteiger partial charge in [-0.05, 0) is 37.3 Å². The van der Waals surface area contributed by atoms with Gasteiger partial charge in [-0.1, -0.05) is 11.6 Å². The van der Waals surface area contributed by atoms with Crippen LogP contribution in [0.3, 0.4) is 0 Å². The van der Waals surface area contributed by atoms with Crippen LogP contribution in [-0.2, 0) is 6.18 Å². The molecule has 0 atom stereocenters. The molecule has 0 radical (unpaired) electrons. The van der Waals surface area contributed by atoms with Crippen molar-refractivity contribution >= 4 is 17.4 Å². The quantitative estimate of drug-likeness (QED) is 0.671. The zero-order chi connectivity index (χ0) is 13.9. The van der Waals surface area contributed by atoms with Crippen LogP contribution in [0.25, 0.3) is 0 Å². The van der Waals surface area contributed by atoms with Gasteiger partial charge in [0.1, 0.15) is 5.82 Å². The van der Waals surface area contributed by atoms with E-state index in [0.29, 0.717) is 6.54 Å². The molecule has 1 aliphatic rings. The summed E-state index contributed by atoms with van der Waals surface area (Å²) in [5, 5.41) is 2.44. The summed E-state index contributed by atoms with van der Waals surface area (Å²) in [7, 11) is 0. The Morgan fingerprint density at radius 1 is 1.32 bits per heavy atom. The van der Waals surface area contributed by atoms with Gasteiger partial charge >= 0.3 is 6.18 Å². The molecule has 0 aromatic carbocycles. The number of nitrogens with zero attached hydrogens (tertiary/aromatic N) is 2. The van der Waals surface area contributed by atoms with Crippen LogP contribution >= 0.6 is 11.6 Å². The summed E-state index contributed by atoms with van der Waals surface area (Å²) in [6, 6.07) is 0.870. The number of anilines is 1. The summed E-state index contributed by atoms with van der Waals surface area (Å²) in [6.45, 7) is 0.538. The molecule has 0 fully saturated rings. The molecule has 3 nitrogen and oxygen atoms in total. The maximum absolute atomic E-state index is 12.5. The van der Waals surface area contributed by atoms with Gasteiger partial charge in [-0.15, -0.1) is 0 Å². The minimum atomic E-state index is -4.52. The van der Waals surface area contributed by atoms with E-state index < -0.39 is 17.2 Å². The van der Waals surface area contributed by atoms with E-state index in [2.05, 4.69) is 21.4 Å².